The molecule has 1 saturated carbocycles. The number of allylic oxidation sites excluding steroid dienone is 1. The van der Waals surface area contributed by atoms with E-state index in [-0.39, 0.29) is 0 Å². The maximum absolute atomic E-state index is 5.16. The van der Waals surface area contributed by atoms with Crippen LogP contribution in [0.3, 0.4) is 0 Å². The second kappa shape index (κ2) is 8.53. The van der Waals surface area contributed by atoms with Crippen LogP contribution in [-0.2, 0) is 0 Å². The second-order valence-corrected chi connectivity index (χ2v) is 7.44. The van der Waals surface area contributed by atoms with Gasteiger partial charge in [0.1, 0.15) is 0 Å². The molecule has 3 heteroatoms. The predicted octanol–water partition coefficient (Wildman–Crippen LogP) is 4.89. The number of benzene rings is 2. The molecule has 1 aliphatic heterocycles. The van der Waals surface area contributed by atoms with Crippen LogP contribution in [0.25, 0.3) is 6.08 Å². The number of nitrogens with zero attached hydrogens (tertiary/aromatic N) is 2. The van der Waals surface area contributed by atoms with Crippen molar-refractivity contribution in [3.05, 3.63) is 77.4 Å². The standard InChI is InChI=1S/C24H29N3/c1-2-25-16-17-27-24(20-12-7-4-8-13-20)22-15-9-14-21(23(22)26-27)18-19-10-5-3-6-11-19/h3-8,10-13,18,22,24-25H,2,9,14-17H2,1H3/b21-18-. The molecule has 2 aliphatic rings. The maximum Gasteiger partial charge on any atom is 0.0805 e. The minimum atomic E-state index is 0.360. The summed E-state index contributed by atoms with van der Waals surface area (Å²) in [5.41, 5.74) is 5.40. The first kappa shape index (κ1) is 18.0. The summed E-state index contributed by atoms with van der Waals surface area (Å²) in [6.07, 6.45) is 5.95. The highest BCUT2D eigenvalue weighted by molar-refractivity contribution is 6.07. The van der Waals surface area contributed by atoms with Crippen molar-refractivity contribution < 1.29 is 0 Å². The second-order valence-electron chi connectivity index (χ2n) is 7.44. The first-order valence-corrected chi connectivity index (χ1v) is 10.2. The average molecular weight is 360 g/mol. The van der Waals surface area contributed by atoms with Crippen molar-refractivity contribution in [3.8, 4) is 0 Å². The molecule has 0 aromatic heterocycles. The zero-order chi connectivity index (χ0) is 18.5. The molecule has 2 unspecified atom stereocenters. The molecule has 1 heterocycles. The van der Waals surface area contributed by atoms with E-state index in [9.17, 15) is 0 Å². The Hall–Kier alpha value is -2.39. The summed E-state index contributed by atoms with van der Waals surface area (Å²) >= 11 is 0. The van der Waals surface area contributed by atoms with Gasteiger partial charge in [-0.25, -0.2) is 0 Å². The van der Waals surface area contributed by atoms with E-state index in [2.05, 4.69) is 84.0 Å². The van der Waals surface area contributed by atoms with E-state index in [1.807, 2.05) is 0 Å². The number of likely N-dealkylation sites (N-methyl/N-ethyl adjacent to an activating group) is 1. The lowest BCUT2D eigenvalue weighted by atomic mass is 9.77. The third-order valence-electron chi connectivity index (χ3n) is 5.63. The van der Waals surface area contributed by atoms with Gasteiger partial charge in [0.2, 0.25) is 0 Å². The van der Waals surface area contributed by atoms with Crippen molar-refractivity contribution in [3.63, 3.8) is 0 Å². The smallest absolute Gasteiger partial charge is 0.0805 e. The van der Waals surface area contributed by atoms with Crippen LogP contribution in [0.2, 0.25) is 0 Å². The molecule has 4 rings (SSSR count). The maximum atomic E-state index is 5.16. The van der Waals surface area contributed by atoms with Gasteiger partial charge in [0.25, 0.3) is 0 Å². The molecule has 0 saturated heterocycles. The number of hydrogen-bond acceptors (Lipinski definition) is 3. The lowest BCUT2D eigenvalue weighted by Crippen LogP contribution is -2.32. The molecule has 27 heavy (non-hydrogen) atoms. The number of fused-ring (bicyclic) bond motifs is 1. The zero-order valence-electron chi connectivity index (χ0n) is 16.1. The third kappa shape index (κ3) is 3.98. The SMILES string of the molecule is CCNCCN1N=C2/C(=C\c3ccccc3)CCCC2C1c1ccccc1. The summed E-state index contributed by atoms with van der Waals surface area (Å²) in [6, 6.07) is 22.0. The van der Waals surface area contributed by atoms with Crippen molar-refractivity contribution in [2.45, 2.75) is 32.2 Å². The highest BCUT2D eigenvalue weighted by atomic mass is 15.5. The molecule has 0 amide bonds. The lowest BCUT2D eigenvalue weighted by molar-refractivity contribution is 0.198. The molecule has 1 aliphatic carbocycles. The molecule has 0 bridgehead atoms. The van der Waals surface area contributed by atoms with E-state index >= 15 is 0 Å². The minimum Gasteiger partial charge on any atom is -0.315 e. The van der Waals surface area contributed by atoms with Crippen molar-refractivity contribution in [1.29, 1.82) is 0 Å². The molecule has 0 radical (unpaired) electrons. The van der Waals surface area contributed by atoms with Gasteiger partial charge in [-0.05, 0) is 48.6 Å². The number of hydrogen-bond donors (Lipinski definition) is 1. The monoisotopic (exact) mass is 359 g/mol. The van der Waals surface area contributed by atoms with Gasteiger partial charge in [-0.3, -0.25) is 5.01 Å². The Bertz CT molecular complexity index is 795. The summed E-state index contributed by atoms with van der Waals surface area (Å²) in [4.78, 5) is 0. The summed E-state index contributed by atoms with van der Waals surface area (Å²) in [5.74, 6) is 0.498. The molecule has 2 aromatic rings. The lowest BCUT2D eigenvalue weighted by Gasteiger charge is -2.30. The molecule has 0 spiro atoms. The Kier molecular flexibility index (Phi) is 5.69. The van der Waals surface area contributed by atoms with Crippen LogP contribution in [0.5, 0.6) is 0 Å². The summed E-state index contributed by atoms with van der Waals surface area (Å²) < 4.78 is 0. The molecule has 2 aromatic carbocycles. The van der Waals surface area contributed by atoms with Crippen molar-refractivity contribution >= 4 is 11.8 Å². The Morgan fingerprint density at radius 3 is 2.56 bits per heavy atom. The van der Waals surface area contributed by atoms with Crippen LogP contribution in [-0.4, -0.2) is 30.4 Å². The molecule has 1 N–H and O–H groups in total. The van der Waals surface area contributed by atoms with E-state index in [4.69, 9.17) is 5.10 Å². The first-order valence-electron chi connectivity index (χ1n) is 10.2. The van der Waals surface area contributed by atoms with Gasteiger partial charge in [0, 0.05) is 19.0 Å². The minimum absolute atomic E-state index is 0.360. The van der Waals surface area contributed by atoms with Crippen molar-refractivity contribution in [2.24, 2.45) is 11.0 Å². The van der Waals surface area contributed by atoms with E-state index in [0.717, 1.165) is 26.1 Å². The highest BCUT2D eigenvalue weighted by Crippen LogP contribution is 2.44. The fourth-order valence-electron chi connectivity index (χ4n) is 4.38. The zero-order valence-corrected chi connectivity index (χ0v) is 16.1. The van der Waals surface area contributed by atoms with Gasteiger partial charge in [-0.2, -0.15) is 5.10 Å². The highest BCUT2D eigenvalue weighted by Gasteiger charge is 2.40. The van der Waals surface area contributed by atoms with Crippen LogP contribution in [0.15, 0.2) is 71.3 Å². The Morgan fingerprint density at radius 2 is 1.81 bits per heavy atom. The average Bonchev–Trinajstić information content (AvgIpc) is 3.09. The van der Waals surface area contributed by atoms with Gasteiger partial charge in [-0.15, -0.1) is 0 Å². The Morgan fingerprint density at radius 1 is 1.07 bits per heavy atom. The summed E-state index contributed by atoms with van der Waals surface area (Å²) in [5, 5.41) is 10.9. The van der Waals surface area contributed by atoms with Crippen LogP contribution in [0.4, 0.5) is 0 Å². The van der Waals surface area contributed by atoms with Gasteiger partial charge >= 0.3 is 0 Å². The Labute approximate surface area is 162 Å². The quantitative estimate of drug-likeness (QED) is 0.744. The van der Waals surface area contributed by atoms with E-state index in [0.29, 0.717) is 12.0 Å². The normalized spacial score (nSPS) is 23.4. The van der Waals surface area contributed by atoms with Gasteiger partial charge < -0.3 is 5.32 Å². The predicted molar refractivity (Wildman–Crippen MR) is 114 cm³/mol. The van der Waals surface area contributed by atoms with Gasteiger partial charge in [0.05, 0.1) is 11.8 Å². The van der Waals surface area contributed by atoms with E-state index < -0.39 is 0 Å². The molecule has 140 valence electrons. The van der Waals surface area contributed by atoms with Crippen LogP contribution < -0.4 is 5.32 Å². The molecular weight excluding hydrogens is 330 g/mol. The third-order valence-corrected chi connectivity index (χ3v) is 5.63. The molecule has 1 fully saturated rings. The van der Waals surface area contributed by atoms with Crippen LogP contribution in [0, 0.1) is 5.92 Å². The number of nitrogens with one attached hydrogen (secondary N) is 1. The van der Waals surface area contributed by atoms with E-state index in [1.54, 1.807) is 0 Å². The van der Waals surface area contributed by atoms with Crippen LogP contribution >= 0.6 is 0 Å². The fraction of sp³-hybridized carbons (Fsp3) is 0.375. The number of rotatable bonds is 6. The molecule has 3 nitrogen and oxygen atoms in total. The molecule has 2 atom stereocenters. The van der Waals surface area contributed by atoms with Crippen LogP contribution in [0.1, 0.15) is 43.4 Å². The summed E-state index contributed by atoms with van der Waals surface area (Å²) in [6.45, 7) is 5.08. The largest absolute Gasteiger partial charge is 0.315 e. The van der Waals surface area contributed by atoms with Crippen molar-refractivity contribution in [2.75, 3.05) is 19.6 Å². The summed E-state index contributed by atoms with van der Waals surface area (Å²) in [7, 11) is 0. The van der Waals surface area contributed by atoms with Crippen molar-refractivity contribution in [1.82, 2.24) is 10.3 Å². The topological polar surface area (TPSA) is 27.6 Å². The Balaban J connectivity index is 1.65. The molecular formula is C24H29N3. The first-order chi connectivity index (χ1) is 13.4. The number of hydrazone groups is 1. The fourth-order valence-corrected chi connectivity index (χ4v) is 4.38. The van der Waals surface area contributed by atoms with E-state index in [1.165, 1.54) is 35.3 Å². The van der Waals surface area contributed by atoms with Gasteiger partial charge in [-0.1, -0.05) is 67.6 Å². The van der Waals surface area contributed by atoms with Gasteiger partial charge in [0.15, 0.2) is 0 Å².